The van der Waals surface area contributed by atoms with Gasteiger partial charge in [0.25, 0.3) is 5.91 Å². The lowest BCUT2D eigenvalue weighted by Gasteiger charge is -2.30. The van der Waals surface area contributed by atoms with Crippen LogP contribution in [0.1, 0.15) is 25.8 Å². The van der Waals surface area contributed by atoms with Crippen molar-refractivity contribution in [2.45, 2.75) is 31.3 Å². The highest BCUT2D eigenvalue weighted by Gasteiger charge is 2.46. The van der Waals surface area contributed by atoms with E-state index in [9.17, 15) is 14.7 Å². The summed E-state index contributed by atoms with van der Waals surface area (Å²) in [5.74, 6) is -0.903. The summed E-state index contributed by atoms with van der Waals surface area (Å²) in [6.07, 6.45) is 0.178. The number of likely N-dealkylation sites (tertiary alicyclic amines) is 1. The van der Waals surface area contributed by atoms with Crippen molar-refractivity contribution in [3.63, 3.8) is 0 Å². The van der Waals surface area contributed by atoms with E-state index >= 15 is 0 Å². The van der Waals surface area contributed by atoms with E-state index < -0.39 is 16.9 Å². The SMILES string of the molecule is CC(C)(C(=O)N1CCC(O)(C(N)=O)C1)c1ccc(-c2ccccc2)cc1. The van der Waals surface area contributed by atoms with Crippen molar-refractivity contribution >= 4 is 11.8 Å². The molecule has 0 spiro atoms. The van der Waals surface area contributed by atoms with Gasteiger partial charge in [-0.3, -0.25) is 9.59 Å². The highest BCUT2D eigenvalue weighted by atomic mass is 16.3. The third kappa shape index (κ3) is 3.22. The van der Waals surface area contributed by atoms with Gasteiger partial charge >= 0.3 is 0 Å². The quantitative estimate of drug-likeness (QED) is 0.884. The number of rotatable bonds is 4. The van der Waals surface area contributed by atoms with E-state index in [4.69, 9.17) is 5.73 Å². The normalized spacial score (nSPS) is 20.2. The second-order valence-electron chi connectivity index (χ2n) is 7.44. The summed E-state index contributed by atoms with van der Waals surface area (Å²) in [7, 11) is 0. The van der Waals surface area contributed by atoms with Crippen LogP contribution in [-0.4, -0.2) is 40.5 Å². The molecule has 3 rings (SSSR count). The summed E-state index contributed by atoms with van der Waals surface area (Å²) in [5.41, 5.74) is 5.96. The van der Waals surface area contributed by atoms with Gasteiger partial charge in [-0.05, 0) is 30.5 Å². The molecule has 1 aliphatic rings. The number of carbonyl (C=O) groups excluding carboxylic acids is 2. The molecule has 2 aromatic carbocycles. The molecule has 3 N–H and O–H groups in total. The molecule has 1 unspecified atom stereocenters. The van der Waals surface area contributed by atoms with Gasteiger partial charge in [-0.1, -0.05) is 54.6 Å². The van der Waals surface area contributed by atoms with Crippen LogP contribution in [-0.2, 0) is 15.0 Å². The second kappa shape index (κ2) is 6.57. The Morgan fingerprint density at radius 2 is 1.62 bits per heavy atom. The first kappa shape index (κ1) is 18.1. The molecule has 26 heavy (non-hydrogen) atoms. The van der Waals surface area contributed by atoms with Gasteiger partial charge in [0, 0.05) is 13.0 Å². The molecule has 1 fully saturated rings. The van der Waals surface area contributed by atoms with Crippen LogP contribution in [0.3, 0.4) is 0 Å². The molecule has 0 bridgehead atoms. The Bertz CT molecular complexity index is 815. The fourth-order valence-corrected chi connectivity index (χ4v) is 3.40. The zero-order valence-corrected chi connectivity index (χ0v) is 15.1. The van der Waals surface area contributed by atoms with Crippen molar-refractivity contribution in [2.24, 2.45) is 5.73 Å². The average Bonchev–Trinajstić information content (AvgIpc) is 3.05. The molecule has 0 radical (unpaired) electrons. The largest absolute Gasteiger partial charge is 0.378 e. The molecule has 0 aliphatic carbocycles. The number of aliphatic hydroxyl groups is 1. The highest BCUT2D eigenvalue weighted by Crippen LogP contribution is 2.31. The third-order valence-electron chi connectivity index (χ3n) is 5.24. The molecule has 1 saturated heterocycles. The van der Waals surface area contributed by atoms with Crippen LogP contribution < -0.4 is 5.73 Å². The molecule has 1 heterocycles. The Morgan fingerprint density at radius 3 is 2.15 bits per heavy atom. The number of hydrogen-bond acceptors (Lipinski definition) is 3. The Hall–Kier alpha value is -2.66. The molecule has 5 heteroatoms. The van der Waals surface area contributed by atoms with Crippen molar-refractivity contribution < 1.29 is 14.7 Å². The van der Waals surface area contributed by atoms with Crippen LogP contribution in [0.5, 0.6) is 0 Å². The monoisotopic (exact) mass is 352 g/mol. The number of β-amino-alcohol motifs (C(OH)–C–C–N with tert-alkyl or cyclic N) is 1. The summed E-state index contributed by atoms with van der Waals surface area (Å²) in [4.78, 5) is 25.9. The first-order valence-corrected chi connectivity index (χ1v) is 8.72. The molecule has 0 saturated carbocycles. The average molecular weight is 352 g/mol. The summed E-state index contributed by atoms with van der Waals surface area (Å²) in [6.45, 7) is 3.99. The lowest BCUT2D eigenvalue weighted by atomic mass is 9.82. The number of benzene rings is 2. The topological polar surface area (TPSA) is 83.6 Å². The molecule has 2 amide bonds. The Balaban J connectivity index is 1.80. The van der Waals surface area contributed by atoms with Crippen molar-refractivity contribution in [1.29, 1.82) is 0 Å². The van der Waals surface area contributed by atoms with Gasteiger partial charge in [-0.25, -0.2) is 0 Å². The minimum atomic E-state index is -1.62. The van der Waals surface area contributed by atoms with Crippen LogP contribution in [0.25, 0.3) is 11.1 Å². The van der Waals surface area contributed by atoms with E-state index in [1.165, 1.54) is 4.90 Å². The van der Waals surface area contributed by atoms with E-state index in [0.717, 1.165) is 16.7 Å². The van der Waals surface area contributed by atoms with Gasteiger partial charge in [-0.15, -0.1) is 0 Å². The van der Waals surface area contributed by atoms with Gasteiger partial charge in [0.15, 0.2) is 5.60 Å². The van der Waals surface area contributed by atoms with Crippen LogP contribution in [0.15, 0.2) is 54.6 Å². The fourth-order valence-electron chi connectivity index (χ4n) is 3.40. The minimum absolute atomic E-state index is 0.0489. The number of nitrogens with two attached hydrogens (primary N) is 1. The van der Waals surface area contributed by atoms with Crippen molar-refractivity contribution in [1.82, 2.24) is 4.90 Å². The number of carbonyl (C=O) groups is 2. The van der Waals surface area contributed by atoms with Gasteiger partial charge in [0.1, 0.15) is 0 Å². The lowest BCUT2D eigenvalue weighted by molar-refractivity contribution is -0.139. The number of hydrogen-bond donors (Lipinski definition) is 2. The lowest BCUT2D eigenvalue weighted by Crippen LogP contribution is -2.49. The molecule has 5 nitrogen and oxygen atoms in total. The van der Waals surface area contributed by atoms with Crippen LogP contribution in [0.2, 0.25) is 0 Å². The van der Waals surface area contributed by atoms with Gasteiger partial charge in [0.2, 0.25) is 5.91 Å². The zero-order valence-electron chi connectivity index (χ0n) is 15.1. The van der Waals surface area contributed by atoms with E-state index in [2.05, 4.69) is 0 Å². The predicted octanol–water partition coefficient (Wildman–Crippen LogP) is 2.08. The van der Waals surface area contributed by atoms with Crippen molar-refractivity contribution in [3.05, 3.63) is 60.2 Å². The Labute approximate surface area is 153 Å². The van der Waals surface area contributed by atoms with Gasteiger partial charge < -0.3 is 15.7 Å². The van der Waals surface area contributed by atoms with E-state index in [1.807, 2.05) is 68.4 Å². The van der Waals surface area contributed by atoms with Crippen LogP contribution >= 0.6 is 0 Å². The summed E-state index contributed by atoms with van der Waals surface area (Å²) in [6, 6.07) is 18.0. The number of primary amides is 1. The van der Waals surface area contributed by atoms with Gasteiger partial charge in [-0.2, -0.15) is 0 Å². The predicted molar refractivity (Wildman–Crippen MR) is 100 cm³/mol. The van der Waals surface area contributed by atoms with E-state index in [0.29, 0.717) is 6.54 Å². The molecule has 2 aromatic rings. The zero-order chi connectivity index (χ0) is 18.9. The summed E-state index contributed by atoms with van der Waals surface area (Å²) >= 11 is 0. The number of nitrogens with zero attached hydrogens (tertiary/aromatic N) is 1. The fraction of sp³-hybridized carbons (Fsp3) is 0.333. The maximum absolute atomic E-state index is 13.0. The first-order valence-electron chi connectivity index (χ1n) is 8.72. The summed E-state index contributed by atoms with van der Waals surface area (Å²) in [5, 5.41) is 10.2. The first-order chi connectivity index (χ1) is 12.2. The maximum Gasteiger partial charge on any atom is 0.251 e. The van der Waals surface area contributed by atoms with Crippen LogP contribution in [0.4, 0.5) is 0 Å². The smallest absolute Gasteiger partial charge is 0.251 e. The molecule has 1 atom stereocenters. The molecule has 136 valence electrons. The second-order valence-corrected chi connectivity index (χ2v) is 7.44. The number of amides is 2. The molecular formula is C21H24N2O3. The van der Waals surface area contributed by atoms with Crippen molar-refractivity contribution in [2.75, 3.05) is 13.1 Å². The summed E-state index contributed by atoms with van der Waals surface area (Å²) < 4.78 is 0. The Morgan fingerprint density at radius 1 is 1.04 bits per heavy atom. The van der Waals surface area contributed by atoms with Crippen LogP contribution in [0, 0.1) is 0 Å². The highest BCUT2D eigenvalue weighted by molar-refractivity contribution is 5.90. The standard InChI is InChI=1S/C21H24N2O3/c1-20(2,19(25)23-13-12-21(26,14-23)18(22)24)17-10-8-16(9-11-17)15-6-4-3-5-7-15/h3-11,26H,12-14H2,1-2H3,(H2,22,24). The molecule has 0 aromatic heterocycles. The van der Waals surface area contributed by atoms with E-state index in [-0.39, 0.29) is 18.9 Å². The molecular weight excluding hydrogens is 328 g/mol. The maximum atomic E-state index is 13.0. The van der Waals surface area contributed by atoms with Crippen molar-refractivity contribution in [3.8, 4) is 11.1 Å². The van der Waals surface area contributed by atoms with Gasteiger partial charge in [0.05, 0.1) is 12.0 Å². The Kier molecular flexibility index (Phi) is 4.59. The minimum Gasteiger partial charge on any atom is -0.378 e. The van der Waals surface area contributed by atoms with E-state index in [1.54, 1.807) is 0 Å². The molecule has 1 aliphatic heterocycles. The third-order valence-corrected chi connectivity index (χ3v) is 5.24.